The number of nitrogens with zero attached hydrogens (tertiary/aromatic N) is 1. The Morgan fingerprint density at radius 3 is 2.44 bits per heavy atom. The number of carbonyl (C=O) groups is 1. The first-order valence-corrected chi connectivity index (χ1v) is 5.64. The van der Waals surface area contributed by atoms with E-state index in [0.29, 0.717) is 19.1 Å². The van der Waals surface area contributed by atoms with Gasteiger partial charge >= 0.3 is 6.09 Å². The molecule has 0 radical (unpaired) electrons. The van der Waals surface area contributed by atoms with Gasteiger partial charge in [0.1, 0.15) is 0 Å². The van der Waals surface area contributed by atoms with Crippen LogP contribution in [-0.4, -0.2) is 19.2 Å². The van der Waals surface area contributed by atoms with Crippen molar-refractivity contribution in [2.45, 2.75) is 20.8 Å². The van der Waals surface area contributed by atoms with Crippen molar-refractivity contribution in [2.75, 3.05) is 18.1 Å². The van der Waals surface area contributed by atoms with Crippen molar-refractivity contribution in [3.05, 3.63) is 30.3 Å². The van der Waals surface area contributed by atoms with Gasteiger partial charge in [-0.1, -0.05) is 32.0 Å². The predicted molar refractivity (Wildman–Crippen MR) is 65.6 cm³/mol. The second-order valence-corrected chi connectivity index (χ2v) is 4.05. The summed E-state index contributed by atoms with van der Waals surface area (Å²) in [6.45, 7) is 7.05. The zero-order valence-electron chi connectivity index (χ0n) is 10.1. The summed E-state index contributed by atoms with van der Waals surface area (Å²) in [5.41, 5.74) is 0.874. The molecular weight excluding hydrogens is 202 g/mol. The normalized spacial score (nSPS) is 10.2. The summed E-state index contributed by atoms with van der Waals surface area (Å²) in [6.07, 6.45) is -0.276. The fraction of sp³-hybridized carbons (Fsp3) is 0.462. The molecule has 1 aromatic rings. The van der Waals surface area contributed by atoms with Crippen LogP contribution in [-0.2, 0) is 4.74 Å². The summed E-state index contributed by atoms with van der Waals surface area (Å²) in [5, 5.41) is 0. The van der Waals surface area contributed by atoms with Gasteiger partial charge in [-0.05, 0) is 25.0 Å². The summed E-state index contributed by atoms with van der Waals surface area (Å²) < 4.78 is 5.20. The Balaban J connectivity index is 2.64. The molecule has 0 bridgehead atoms. The monoisotopic (exact) mass is 221 g/mol. The molecule has 0 atom stereocenters. The number of amides is 1. The van der Waals surface area contributed by atoms with E-state index in [1.165, 1.54) is 0 Å². The molecule has 0 aromatic heterocycles. The van der Waals surface area contributed by atoms with Crippen molar-refractivity contribution < 1.29 is 9.53 Å². The highest BCUT2D eigenvalue weighted by Gasteiger charge is 2.14. The van der Waals surface area contributed by atoms with Gasteiger partial charge in [0.05, 0.1) is 6.61 Å². The van der Waals surface area contributed by atoms with Crippen LogP contribution in [0.4, 0.5) is 10.5 Å². The number of carbonyl (C=O) groups excluding carboxylic acids is 1. The average molecular weight is 221 g/mol. The zero-order valence-corrected chi connectivity index (χ0v) is 10.1. The summed E-state index contributed by atoms with van der Waals surface area (Å²) in [6, 6.07) is 9.55. The third-order valence-electron chi connectivity index (χ3n) is 2.14. The fourth-order valence-electron chi connectivity index (χ4n) is 1.34. The van der Waals surface area contributed by atoms with Crippen molar-refractivity contribution >= 4 is 11.8 Å². The van der Waals surface area contributed by atoms with Crippen LogP contribution in [0.2, 0.25) is 0 Å². The Bertz CT molecular complexity index is 322. The van der Waals surface area contributed by atoms with Gasteiger partial charge in [-0.3, -0.25) is 4.90 Å². The lowest BCUT2D eigenvalue weighted by Crippen LogP contribution is -2.32. The molecule has 0 spiro atoms. The lowest BCUT2D eigenvalue weighted by atomic mass is 10.2. The summed E-state index contributed by atoms with van der Waals surface area (Å²) >= 11 is 0. The first-order valence-electron chi connectivity index (χ1n) is 5.64. The second-order valence-electron chi connectivity index (χ2n) is 4.05. The van der Waals surface area contributed by atoms with Gasteiger partial charge in [-0.15, -0.1) is 0 Å². The van der Waals surface area contributed by atoms with Crippen LogP contribution in [0.1, 0.15) is 20.8 Å². The molecule has 0 N–H and O–H groups in total. The minimum Gasteiger partial charge on any atom is -0.449 e. The number of anilines is 1. The fourth-order valence-corrected chi connectivity index (χ4v) is 1.34. The third-order valence-corrected chi connectivity index (χ3v) is 2.14. The molecule has 0 saturated heterocycles. The van der Waals surface area contributed by atoms with Gasteiger partial charge in [-0.2, -0.15) is 0 Å². The predicted octanol–water partition coefficient (Wildman–Crippen LogP) is 3.31. The highest BCUT2D eigenvalue weighted by molar-refractivity contribution is 5.87. The number of rotatable bonds is 4. The van der Waals surface area contributed by atoms with E-state index in [2.05, 4.69) is 0 Å². The molecule has 0 aliphatic heterocycles. The molecule has 0 fully saturated rings. The standard InChI is InChI=1S/C13H19NO2/c1-4-14(12-8-6-5-7-9-12)13(15)16-10-11(2)3/h5-9,11H,4,10H2,1-3H3. The topological polar surface area (TPSA) is 29.5 Å². The van der Waals surface area contributed by atoms with Gasteiger partial charge in [-0.25, -0.2) is 4.79 Å². The molecule has 1 amide bonds. The van der Waals surface area contributed by atoms with Crippen LogP contribution in [0, 0.1) is 5.92 Å². The van der Waals surface area contributed by atoms with E-state index >= 15 is 0 Å². The maximum Gasteiger partial charge on any atom is 0.414 e. The Labute approximate surface area is 97.0 Å². The molecule has 1 rings (SSSR count). The Kier molecular flexibility index (Phi) is 4.83. The number of hydrogen-bond acceptors (Lipinski definition) is 2. The van der Waals surface area contributed by atoms with E-state index < -0.39 is 0 Å². The van der Waals surface area contributed by atoms with E-state index in [4.69, 9.17) is 4.74 Å². The molecule has 1 aromatic carbocycles. The van der Waals surface area contributed by atoms with E-state index in [0.717, 1.165) is 5.69 Å². The van der Waals surface area contributed by atoms with Crippen molar-refractivity contribution in [1.82, 2.24) is 0 Å². The van der Waals surface area contributed by atoms with Crippen LogP contribution in [0.3, 0.4) is 0 Å². The SMILES string of the molecule is CCN(C(=O)OCC(C)C)c1ccccc1. The van der Waals surface area contributed by atoms with Gasteiger partial charge in [0, 0.05) is 12.2 Å². The lowest BCUT2D eigenvalue weighted by molar-refractivity contribution is 0.140. The molecule has 88 valence electrons. The Hall–Kier alpha value is -1.51. The van der Waals surface area contributed by atoms with Crippen LogP contribution in [0.15, 0.2) is 30.3 Å². The number of para-hydroxylation sites is 1. The molecule has 3 nitrogen and oxygen atoms in total. The minimum absolute atomic E-state index is 0.276. The second kappa shape index (κ2) is 6.16. The van der Waals surface area contributed by atoms with Gasteiger partial charge < -0.3 is 4.74 Å². The quantitative estimate of drug-likeness (QED) is 0.780. The van der Waals surface area contributed by atoms with E-state index in [1.807, 2.05) is 51.1 Å². The number of hydrogen-bond donors (Lipinski definition) is 0. The first-order chi connectivity index (χ1) is 7.65. The maximum absolute atomic E-state index is 11.8. The van der Waals surface area contributed by atoms with Crippen LogP contribution < -0.4 is 4.90 Å². The summed E-state index contributed by atoms with van der Waals surface area (Å²) in [4.78, 5) is 13.4. The summed E-state index contributed by atoms with van der Waals surface area (Å²) in [5.74, 6) is 0.360. The maximum atomic E-state index is 11.8. The largest absolute Gasteiger partial charge is 0.449 e. The van der Waals surface area contributed by atoms with Crippen molar-refractivity contribution in [2.24, 2.45) is 5.92 Å². The Morgan fingerprint density at radius 2 is 1.94 bits per heavy atom. The zero-order chi connectivity index (χ0) is 12.0. The minimum atomic E-state index is -0.276. The molecule has 0 heterocycles. The lowest BCUT2D eigenvalue weighted by Gasteiger charge is -2.20. The third kappa shape index (κ3) is 3.57. The molecule has 3 heteroatoms. The highest BCUT2D eigenvalue weighted by atomic mass is 16.6. The molecule has 16 heavy (non-hydrogen) atoms. The van der Waals surface area contributed by atoms with Crippen LogP contribution >= 0.6 is 0 Å². The number of ether oxygens (including phenoxy) is 1. The van der Waals surface area contributed by atoms with Crippen LogP contribution in [0.5, 0.6) is 0 Å². The average Bonchev–Trinajstić information content (AvgIpc) is 2.29. The van der Waals surface area contributed by atoms with E-state index in [9.17, 15) is 4.79 Å². The summed E-state index contributed by atoms with van der Waals surface area (Å²) in [7, 11) is 0. The molecule has 0 aliphatic carbocycles. The molecule has 0 saturated carbocycles. The van der Waals surface area contributed by atoms with Gasteiger partial charge in [0.2, 0.25) is 0 Å². The van der Waals surface area contributed by atoms with E-state index in [-0.39, 0.29) is 6.09 Å². The molecule has 0 aliphatic rings. The molecule has 0 unspecified atom stereocenters. The van der Waals surface area contributed by atoms with Crippen molar-refractivity contribution in [3.63, 3.8) is 0 Å². The van der Waals surface area contributed by atoms with Gasteiger partial charge in [0.25, 0.3) is 0 Å². The van der Waals surface area contributed by atoms with Crippen molar-refractivity contribution in [1.29, 1.82) is 0 Å². The van der Waals surface area contributed by atoms with Gasteiger partial charge in [0.15, 0.2) is 0 Å². The van der Waals surface area contributed by atoms with Crippen LogP contribution in [0.25, 0.3) is 0 Å². The van der Waals surface area contributed by atoms with E-state index in [1.54, 1.807) is 4.90 Å². The van der Waals surface area contributed by atoms with Crippen molar-refractivity contribution in [3.8, 4) is 0 Å². The number of benzene rings is 1. The molecular formula is C13H19NO2. The highest BCUT2D eigenvalue weighted by Crippen LogP contribution is 2.14. The Morgan fingerprint density at radius 1 is 1.31 bits per heavy atom. The smallest absolute Gasteiger partial charge is 0.414 e. The first kappa shape index (κ1) is 12.6.